The molecule has 2 aromatic carbocycles. The second kappa shape index (κ2) is 8.09. The number of rotatable bonds is 8. The van der Waals surface area contributed by atoms with E-state index < -0.39 is 4.92 Å². The first-order valence-corrected chi connectivity index (χ1v) is 8.70. The Hall–Kier alpha value is -3.06. The number of nitrogens with zero attached hydrogens (tertiary/aromatic N) is 1. The van der Waals surface area contributed by atoms with Crippen molar-refractivity contribution in [2.24, 2.45) is 0 Å². The largest absolute Gasteiger partial charge is 0.493 e. The molecule has 0 aliphatic heterocycles. The molecule has 3 rings (SSSR count). The van der Waals surface area contributed by atoms with Gasteiger partial charge >= 0.3 is 0 Å². The second-order valence-electron chi connectivity index (χ2n) is 6.33. The quantitative estimate of drug-likeness (QED) is 0.359. The number of nitro groups is 1. The van der Waals surface area contributed by atoms with Crippen LogP contribution in [0.2, 0.25) is 0 Å². The maximum Gasteiger partial charge on any atom is 0.277 e. The number of H-pyrrole nitrogens is 1. The highest BCUT2D eigenvalue weighted by atomic mass is 16.6. The number of nitro benzene ring substituents is 1. The zero-order valence-corrected chi connectivity index (χ0v) is 15.7. The number of hydrogen-bond donors (Lipinski definition) is 2. The van der Waals surface area contributed by atoms with Crippen LogP contribution in [0.15, 0.2) is 36.5 Å². The molecule has 0 unspecified atom stereocenters. The van der Waals surface area contributed by atoms with Crippen molar-refractivity contribution in [1.82, 2.24) is 10.3 Å². The lowest BCUT2D eigenvalue weighted by atomic mass is 10.1. The van der Waals surface area contributed by atoms with Gasteiger partial charge in [0.1, 0.15) is 0 Å². The minimum atomic E-state index is -0.401. The number of fused-ring (bicyclic) bond motifs is 1. The molecule has 3 aromatic rings. The number of methoxy groups -OCH3 is 2. The van der Waals surface area contributed by atoms with Gasteiger partial charge in [-0.1, -0.05) is 12.1 Å². The van der Waals surface area contributed by atoms with E-state index >= 15 is 0 Å². The van der Waals surface area contributed by atoms with Crippen LogP contribution >= 0.6 is 0 Å². The summed E-state index contributed by atoms with van der Waals surface area (Å²) in [5.41, 5.74) is 4.17. The molecule has 0 bridgehead atoms. The van der Waals surface area contributed by atoms with Crippen molar-refractivity contribution in [2.75, 3.05) is 20.8 Å². The standard InChI is InChI=1S/C20H23N3O4/c1-13-5-4-6-16-20(13)14(12-22-16)7-8-21-11-15-9-18(26-2)19(27-3)10-17(15)23(24)25/h4-6,9-10,12,21-22H,7-8,11H2,1-3H3. The summed E-state index contributed by atoms with van der Waals surface area (Å²) >= 11 is 0. The van der Waals surface area contributed by atoms with Gasteiger partial charge in [0.2, 0.25) is 0 Å². The molecular formula is C20H23N3O4. The molecule has 0 amide bonds. The number of hydrogen-bond acceptors (Lipinski definition) is 5. The average molecular weight is 369 g/mol. The van der Waals surface area contributed by atoms with E-state index in [2.05, 4.69) is 29.4 Å². The van der Waals surface area contributed by atoms with E-state index in [-0.39, 0.29) is 5.69 Å². The number of aromatic amines is 1. The molecule has 2 N–H and O–H groups in total. The van der Waals surface area contributed by atoms with Gasteiger partial charge < -0.3 is 19.8 Å². The van der Waals surface area contributed by atoms with Gasteiger partial charge in [-0.25, -0.2) is 0 Å². The number of ether oxygens (including phenoxy) is 2. The summed E-state index contributed by atoms with van der Waals surface area (Å²) in [5, 5.41) is 15.9. The molecule has 0 fully saturated rings. The Morgan fingerprint density at radius 3 is 2.59 bits per heavy atom. The van der Waals surface area contributed by atoms with Crippen molar-refractivity contribution in [1.29, 1.82) is 0 Å². The first-order valence-electron chi connectivity index (χ1n) is 8.70. The molecule has 1 aromatic heterocycles. The van der Waals surface area contributed by atoms with Gasteiger partial charge in [0.05, 0.1) is 25.2 Å². The monoisotopic (exact) mass is 369 g/mol. The average Bonchev–Trinajstić information content (AvgIpc) is 3.08. The molecule has 0 atom stereocenters. The van der Waals surface area contributed by atoms with Crippen LogP contribution in [0.25, 0.3) is 10.9 Å². The summed E-state index contributed by atoms with van der Waals surface area (Å²) in [6.45, 7) is 3.17. The van der Waals surface area contributed by atoms with Crippen LogP contribution in [0.3, 0.4) is 0 Å². The van der Waals surface area contributed by atoms with E-state index in [1.807, 2.05) is 12.3 Å². The van der Waals surface area contributed by atoms with Gasteiger partial charge in [0.25, 0.3) is 5.69 Å². The van der Waals surface area contributed by atoms with E-state index in [1.54, 1.807) is 6.07 Å². The zero-order valence-electron chi connectivity index (χ0n) is 15.7. The van der Waals surface area contributed by atoms with Crippen LogP contribution < -0.4 is 14.8 Å². The van der Waals surface area contributed by atoms with E-state index in [0.29, 0.717) is 30.2 Å². The molecule has 0 saturated carbocycles. The third kappa shape index (κ3) is 3.88. The van der Waals surface area contributed by atoms with Crippen molar-refractivity contribution in [3.8, 4) is 11.5 Å². The molecule has 0 radical (unpaired) electrons. The predicted octanol–water partition coefficient (Wildman–Crippen LogP) is 3.73. The van der Waals surface area contributed by atoms with E-state index in [0.717, 1.165) is 11.9 Å². The minimum Gasteiger partial charge on any atom is -0.493 e. The summed E-state index contributed by atoms with van der Waals surface area (Å²) in [6, 6.07) is 9.25. The van der Waals surface area contributed by atoms with Crippen LogP contribution in [-0.4, -0.2) is 30.7 Å². The Balaban J connectivity index is 1.70. The summed E-state index contributed by atoms with van der Waals surface area (Å²) in [4.78, 5) is 14.3. The highest BCUT2D eigenvalue weighted by molar-refractivity contribution is 5.86. The van der Waals surface area contributed by atoms with Crippen LogP contribution in [0.4, 0.5) is 5.69 Å². The molecule has 0 aliphatic rings. The summed E-state index contributed by atoms with van der Waals surface area (Å²) in [6.07, 6.45) is 2.85. The molecule has 1 heterocycles. The Morgan fingerprint density at radius 2 is 1.89 bits per heavy atom. The van der Waals surface area contributed by atoms with Gasteiger partial charge in [-0.2, -0.15) is 0 Å². The van der Waals surface area contributed by atoms with Crippen molar-refractivity contribution in [3.05, 3.63) is 63.3 Å². The smallest absolute Gasteiger partial charge is 0.277 e. The van der Waals surface area contributed by atoms with Crippen molar-refractivity contribution in [3.63, 3.8) is 0 Å². The molecule has 142 valence electrons. The van der Waals surface area contributed by atoms with Gasteiger partial charge in [-0.15, -0.1) is 0 Å². The SMILES string of the molecule is COc1cc(CNCCc2c[nH]c3cccc(C)c23)c([N+](=O)[O-])cc1OC. The first-order chi connectivity index (χ1) is 13.0. The summed E-state index contributed by atoms with van der Waals surface area (Å²) < 4.78 is 10.4. The fraction of sp³-hybridized carbons (Fsp3) is 0.300. The zero-order chi connectivity index (χ0) is 19.4. The van der Waals surface area contributed by atoms with Crippen LogP contribution in [-0.2, 0) is 13.0 Å². The van der Waals surface area contributed by atoms with Gasteiger partial charge in [0.15, 0.2) is 11.5 Å². The van der Waals surface area contributed by atoms with E-state index in [4.69, 9.17) is 9.47 Å². The van der Waals surface area contributed by atoms with Crippen LogP contribution in [0.5, 0.6) is 11.5 Å². The Morgan fingerprint density at radius 1 is 1.15 bits per heavy atom. The van der Waals surface area contributed by atoms with Gasteiger partial charge in [0, 0.05) is 29.2 Å². The second-order valence-corrected chi connectivity index (χ2v) is 6.33. The third-order valence-corrected chi connectivity index (χ3v) is 4.66. The van der Waals surface area contributed by atoms with Gasteiger partial charge in [-0.05, 0) is 43.1 Å². The Kier molecular flexibility index (Phi) is 5.61. The van der Waals surface area contributed by atoms with Crippen molar-refractivity contribution >= 4 is 16.6 Å². The summed E-state index contributed by atoms with van der Waals surface area (Å²) in [5.74, 6) is 0.828. The topological polar surface area (TPSA) is 89.4 Å². The lowest BCUT2D eigenvalue weighted by Gasteiger charge is -2.11. The van der Waals surface area contributed by atoms with Crippen LogP contribution in [0, 0.1) is 17.0 Å². The third-order valence-electron chi connectivity index (χ3n) is 4.66. The lowest BCUT2D eigenvalue weighted by Crippen LogP contribution is -2.17. The van der Waals surface area contributed by atoms with Gasteiger partial charge in [-0.3, -0.25) is 10.1 Å². The molecule has 7 nitrogen and oxygen atoms in total. The molecule has 0 spiro atoms. The maximum atomic E-state index is 11.4. The fourth-order valence-corrected chi connectivity index (χ4v) is 3.32. The molecule has 27 heavy (non-hydrogen) atoms. The van der Waals surface area contributed by atoms with Crippen molar-refractivity contribution < 1.29 is 14.4 Å². The van der Waals surface area contributed by atoms with Crippen molar-refractivity contribution in [2.45, 2.75) is 19.9 Å². The number of nitrogens with one attached hydrogen (secondary N) is 2. The molecule has 7 heteroatoms. The molecular weight excluding hydrogens is 346 g/mol. The highest BCUT2D eigenvalue weighted by Gasteiger charge is 2.19. The minimum absolute atomic E-state index is 0.0167. The number of aryl methyl sites for hydroxylation is 1. The normalized spacial score (nSPS) is 10.9. The Bertz CT molecular complexity index is 965. The first kappa shape index (κ1) is 18.7. The number of benzene rings is 2. The fourth-order valence-electron chi connectivity index (χ4n) is 3.32. The molecule has 0 aliphatic carbocycles. The highest BCUT2D eigenvalue weighted by Crippen LogP contribution is 2.34. The predicted molar refractivity (Wildman–Crippen MR) is 105 cm³/mol. The molecule has 0 saturated heterocycles. The maximum absolute atomic E-state index is 11.4. The van der Waals surface area contributed by atoms with E-state index in [9.17, 15) is 10.1 Å². The Labute approximate surface area is 157 Å². The van der Waals surface area contributed by atoms with E-state index in [1.165, 1.54) is 36.8 Å². The van der Waals surface area contributed by atoms with Crippen LogP contribution in [0.1, 0.15) is 16.7 Å². The summed E-state index contributed by atoms with van der Waals surface area (Å²) in [7, 11) is 2.98. The number of aromatic nitrogens is 1. The lowest BCUT2D eigenvalue weighted by molar-refractivity contribution is -0.385.